The summed E-state index contributed by atoms with van der Waals surface area (Å²) in [6.45, 7) is 3.68. The number of aryl methyl sites for hydroxylation is 1. The quantitative estimate of drug-likeness (QED) is 0.669. The Morgan fingerprint density at radius 3 is 2.48 bits per heavy atom. The molecule has 1 saturated heterocycles. The number of nitrogens with zero attached hydrogens (tertiary/aromatic N) is 4. The molecule has 3 aromatic rings. The van der Waals surface area contributed by atoms with Gasteiger partial charge in [0.2, 0.25) is 0 Å². The molecule has 0 atom stereocenters. The first-order valence-electron chi connectivity index (χ1n) is 9.60. The third kappa shape index (κ3) is 4.37. The first kappa shape index (κ1) is 17.7. The van der Waals surface area contributed by atoms with E-state index in [1.807, 2.05) is 35.9 Å². The lowest BCUT2D eigenvalue weighted by Crippen LogP contribution is -2.33. The third-order valence-corrected chi connectivity index (χ3v) is 5.30. The third-order valence-electron chi connectivity index (χ3n) is 5.30. The molecule has 1 aliphatic rings. The molecule has 4 rings (SSSR count). The van der Waals surface area contributed by atoms with Crippen molar-refractivity contribution >= 4 is 0 Å². The van der Waals surface area contributed by atoms with Crippen LogP contribution in [-0.2, 0) is 20.2 Å². The SMILES string of the molecule is Cn1cnnc1C1CCN(Cc2ccccc2OCc2ccccc2)CC1. The molecule has 0 saturated carbocycles. The van der Waals surface area contributed by atoms with Crippen LogP contribution in [0.5, 0.6) is 5.75 Å². The number of piperidine rings is 1. The Kier molecular flexibility index (Phi) is 5.49. The number of hydrogen-bond acceptors (Lipinski definition) is 4. The van der Waals surface area contributed by atoms with E-state index in [2.05, 4.69) is 45.4 Å². The maximum Gasteiger partial charge on any atom is 0.135 e. The molecule has 0 radical (unpaired) electrons. The predicted octanol–water partition coefficient (Wildman–Crippen LogP) is 3.77. The fourth-order valence-corrected chi connectivity index (χ4v) is 3.76. The van der Waals surface area contributed by atoms with Gasteiger partial charge in [0.1, 0.15) is 24.5 Å². The zero-order valence-electron chi connectivity index (χ0n) is 15.8. The second-order valence-corrected chi connectivity index (χ2v) is 7.23. The van der Waals surface area contributed by atoms with Crippen LogP contribution in [0.25, 0.3) is 0 Å². The fourth-order valence-electron chi connectivity index (χ4n) is 3.76. The normalized spacial score (nSPS) is 15.7. The van der Waals surface area contributed by atoms with Crippen LogP contribution in [0, 0.1) is 0 Å². The van der Waals surface area contributed by atoms with Gasteiger partial charge in [-0.25, -0.2) is 0 Å². The van der Waals surface area contributed by atoms with E-state index in [1.54, 1.807) is 6.33 Å². The molecule has 0 amide bonds. The van der Waals surface area contributed by atoms with Crippen LogP contribution in [0.1, 0.15) is 35.7 Å². The fraction of sp³-hybridized carbons (Fsp3) is 0.364. The molecule has 140 valence electrons. The standard InChI is InChI=1S/C22H26N4O/c1-25-17-23-24-22(25)19-11-13-26(14-12-19)15-20-9-5-6-10-21(20)27-16-18-7-3-2-4-8-18/h2-10,17,19H,11-16H2,1H3. The monoisotopic (exact) mass is 362 g/mol. The molecule has 0 N–H and O–H groups in total. The first-order chi connectivity index (χ1) is 13.3. The summed E-state index contributed by atoms with van der Waals surface area (Å²) in [5.41, 5.74) is 2.45. The number of rotatable bonds is 6. The Morgan fingerprint density at radius 2 is 1.74 bits per heavy atom. The summed E-state index contributed by atoms with van der Waals surface area (Å²) < 4.78 is 8.16. The van der Waals surface area contributed by atoms with Crippen molar-refractivity contribution in [2.45, 2.75) is 31.9 Å². The summed E-state index contributed by atoms with van der Waals surface area (Å²) in [6.07, 6.45) is 4.04. The molecular formula is C22H26N4O. The van der Waals surface area contributed by atoms with Gasteiger partial charge in [0, 0.05) is 25.1 Å². The Hall–Kier alpha value is -2.66. The Labute approximate surface area is 160 Å². The second kappa shape index (κ2) is 8.35. The van der Waals surface area contributed by atoms with E-state index in [-0.39, 0.29) is 0 Å². The average molecular weight is 362 g/mol. The second-order valence-electron chi connectivity index (χ2n) is 7.23. The maximum absolute atomic E-state index is 6.11. The van der Waals surface area contributed by atoms with Crippen molar-refractivity contribution in [1.82, 2.24) is 19.7 Å². The highest BCUT2D eigenvalue weighted by molar-refractivity contribution is 5.33. The summed E-state index contributed by atoms with van der Waals surface area (Å²) in [5, 5.41) is 8.31. The highest BCUT2D eigenvalue weighted by atomic mass is 16.5. The summed E-state index contributed by atoms with van der Waals surface area (Å²) in [6, 6.07) is 18.7. The van der Waals surface area contributed by atoms with Gasteiger partial charge >= 0.3 is 0 Å². The summed E-state index contributed by atoms with van der Waals surface area (Å²) in [7, 11) is 2.03. The minimum Gasteiger partial charge on any atom is -0.489 e. The van der Waals surface area contributed by atoms with E-state index >= 15 is 0 Å². The molecule has 2 heterocycles. The number of hydrogen-bond donors (Lipinski definition) is 0. The Morgan fingerprint density at radius 1 is 1.00 bits per heavy atom. The van der Waals surface area contributed by atoms with Crippen LogP contribution in [0.3, 0.4) is 0 Å². The van der Waals surface area contributed by atoms with Gasteiger partial charge in [-0.05, 0) is 37.6 Å². The zero-order chi connectivity index (χ0) is 18.5. The molecule has 1 fully saturated rings. The van der Waals surface area contributed by atoms with Gasteiger partial charge in [0.25, 0.3) is 0 Å². The number of ether oxygens (including phenoxy) is 1. The van der Waals surface area contributed by atoms with Crippen LogP contribution in [0.2, 0.25) is 0 Å². The smallest absolute Gasteiger partial charge is 0.135 e. The highest BCUT2D eigenvalue weighted by Gasteiger charge is 2.24. The molecule has 1 aliphatic heterocycles. The van der Waals surface area contributed by atoms with Gasteiger partial charge in [-0.3, -0.25) is 4.90 Å². The van der Waals surface area contributed by atoms with Crippen molar-refractivity contribution in [1.29, 1.82) is 0 Å². The maximum atomic E-state index is 6.11. The van der Waals surface area contributed by atoms with Crippen LogP contribution in [0.15, 0.2) is 60.9 Å². The molecule has 5 nitrogen and oxygen atoms in total. The van der Waals surface area contributed by atoms with E-state index in [9.17, 15) is 0 Å². The molecule has 0 spiro atoms. The molecule has 0 aliphatic carbocycles. The van der Waals surface area contributed by atoms with Crippen molar-refractivity contribution in [3.63, 3.8) is 0 Å². The number of aromatic nitrogens is 3. The van der Waals surface area contributed by atoms with Gasteiger partial charge in [-0.1, -0.05) is 48.5 Å². The number of para-hydroxylation sites is 1. The van der Waals surface area contributed by atoms with Gasteiger partial charge in [0.15, 0.2) is 0 Å². The molecule has 1 aromatic heterocycles. The van der Waals surface area contributed by atoms with E-state index in [1.165, 1.54) is 11.1 Å². The van der Waals surface area contributed by atoms with Gasteiger partial charge < -0.3 is 9.30 Å². The Balaban J connectivity index is 1.35. The molecule has 5 heteroatoms. The van der Waals surface area contributed by atoms with Crippen LogP contribution < -0.4 is 4.74 Å². The summed E-state index contributed by atoms with van der Waals surface area (Å²) >= 11 is 0. The summed E-state index contributed by atoms with van der Waals surface area (Å²) in [5.74, 6) is 2.61. The van der Waals surface area contributed by atoms with Crippen LogP contribution in [-0.4, -0.2) is 32.8 Å². The molecule has 2 aromatic carbocycles. The van der Waals surface area contributed by atoms with Crippen LogP contribution in [0.4, 0.5) is 0 Å². The van der Waals surface area contributed by atoms with E-state index < -0.39 is 0 Å². The molecule has 27 heavy (non-hydrogen) atoms. The van der Waals surface area contributed by atoms with Crippen molar-refractivity contribution in [3.05, 3.63) is 77.9 Å². The average Bonchev–Trinajstić information content (AvgIpc) is 3.15. The van der Waals surface area contributed by atoms with Crippen molar-refractivity contribution < 1.29 is 4.74 Å². The largest absolute Gasteiger partial charge is 0.489 e. The predicted molar refractivity (Wildman–Crippen MR) is 105 cm³/mol. The van der Waals surface area contributed by atoms with Crippen molar-refractivity contribution in [3.8, 4) is 5.75 Å². The molecule has 0 unspecified atom stereocenters. The lowest BCUT2D eigenvalue weighted by Gasteiger charge is -2.31. The van der Waals surface area contributed by atoms with E-state index in [4.69, 9.17) is 4.74 Å². The zero-order valence-corrected chi connectivity index (χ0v) is 15.8. The number of benzene rings is 2. The lowest BCUT2D eigenvalue weighted by molar-refractivity contribution is 0.196. The van der Waals surface area contributed by atoms with Crippen molar-refractivity contribution in [2.24, 2.45) is 7.05 Å². The van der Waals surface area contributed by atoms with Gasteiger partial charge in [0.05, 0.1) is 0 Å². The lowest BCUT2D eigenvalue weighted by atomic mass is 9.95. The highest BCUT2D eigenvalue weighted by Crippen LogP contribution is 2.28. The van der Waals surface area contributed by atoms with Gasteiger partial charge in [-0.15, -0.1) is 10.2 Å². The Bertz CT molecular complexity index is 854. The van der Waals surface area contributed by atoms with E-state index in [0.29, 0.717) is 12.5 Å². The first-order valence-corrected chi connectivity index (χ1v) is 9.60. The molecule has 0 bridgehead atoms. The van der Waals surface area contributed by atoms with E-state index in [0.717, 1.165) is 44.0 Å². The van der Waals surface area contributed by atoms with Gasteiger partial charge in [-0.2, -0.15) is 0 Å². The van der Waals surface area contributed by atoms with Crippen LogP contribution >= 0.6 is 0 Å². The minimum absolute atomic E-state index is 0.512. The summed E-state index contributed by atoms with van der Waals surface area (Å²) in [4.78, 5) is 2.51. The number of likely N-dealkylation sites (tertiary alicyclic amines) is 1. The van der Waals surface area contributed by atoms with Crippen molar-refractivity contribution in [2.75, 3.05) is 13.1 Å². The molecular weight excluding hydrogens is 336 g/mol. The topological polar surface area (TPSA) is 43.2 Å². The minimum atomic E-state index is 0.512.